The number of hydrogen-bond acceptors (Lipinski definition) is 5. The van der Waals surface area contributed by atoms with Crippen LogP contribution >= 0.6 is 0 Å². The van der Waals surface area contributed by atoms with Crippen molar-refractivity contribution in [3.63, 3.8) is 0 Å². The molecule has 0 aliphatic carbocycles. The summed E-state index contributed by atoms with van der Waals surface area (Å²) in [7, 11) is 0. The molecule has 31 heavy (non-hydrogen) atoms. The molecule has 0 fully saturated rings. The van der Waals surface area contributed by atoms with Crippen molar-refractivity contribution in [2.75, 3.05) is 0 Å². The van der Waals surface area contributed by atoms with E-state index in [4.69, 9.17) is 0 Å². The van der Waals surface area contributed by atoms with Crippen LogP contribution in [-0.2, 0) is 0 Å². The number of halogens is 3. The molecular formula is C21H12F3N5O2. The van der Waals surface area contributed by atoms with Crippen molar-refractivity contribution in [2.45, 2.75) is 6.36 Å². The van der Waals surface area contributed by atoms with E-state index >= 15 is 0 Å². The molecule has 0 aliphatic rings. The normalized spacial score (nSPS) is 11.8. The third kappa shape index (κ3) is 3.48. The van der Waals surface area contributed by atoms with Gasteiger partial charge in [0.05, 0.1) is 0 Å². The molecule has 0 amide bonds. The highest BCUT2D eigenvalue weighted by atomic mass is 19.4. The largest absolute Gasteiger partial charge is 0.573 e. The van der Waals surface area contributed by atoms with E-state index in [1.54, 1.807) is 18.6 Å². The summed E-state index contributed by atoms with van der Waals surface area (Å²) >= 11 is 0. The number of ether oxygens (including phenoxy) is 1. The zero-order chi connectivity index (χ0) is 21.6. The second kappa shape index (κ2) is 6.94. The summed E-state index contributed by atoms with van der Waals surface area (Å²) in [5, 5.41) is 0. The Morgan fingerprint density at radius 3 is 2.32 bits per heavy atom. The van der Waals surface area contributed by atoms with E-state index in [9.17, 15) is 18.0 Å². The van der Waals surface area contributed by atoms with Crippen molar-refractivity contribution >= 4 is 16.7 Å². The lowest BCUT2D eigenvalue weighted by Crippen LogP contribution is -2.20. The molecular weight excluding hydrogens is 411 g/mol. The number of pyridine rings is 2. The predicted molar refractivity (Wildman–Crippen MR) is 106 cm³/mol. The monoisotopic (exact) mass is 423 g/mol. The van der Waals surface area contributed by atoms with Gasteiger partial charge in [0.25, 0.3) is 5.56 Å². The predicted octanol–water partition coefficient (Wildman–Crippen LogP) is 3.99. The minimum Gasteiger partial charge on any atom is -0.406 e. The van der Waals surface area contributed by atoms with Gasteiger partial charge in [-0.1, -0.05) is 0 Å². The number of aromatic nitrogens is 5. The van der Waals surface area contributed by atoms with E-state index in [1.165, 1.54) is 29.1 Å². The second-order valence-corrected chi connectivity index (χ2v) is 6.62. The van der Waals surface area contributed by atoms with Gasteiger partial charge in [-0.25, -0.2) is 9.97 Å². The van der Waals surface area contributed by atoms with Gasteiger partial charge in [0.15, 0.2) is 5.52 Å². The minimum absolute atomic E-state index is 0.140. The van der Waals surface area contributed by atoms with Gasteiger partial charge in [-0.3, -0.25) is 14.3 Å². The Labute approximate surface area is 172 Å². The van der Waals surface area contributed by atoms with Crippen LogP contribution in [0.4, 0.5) is 13.2 Å². The fraction of sp³-hybridized carbons (Fsp3) is 0.0476. The van der Waals surface area contributed by atoms with Crippen LogP contribution in [0.15, 0.2) is 78.4 Å². The van der Waals surface area contributed by atoms with Crippen LogP contribution in [0.3, 0.4) is 0 Å². The molecule has 7 nitrogen and oxygen atoms in total. The van der Waals surface area contributed by atoms with Crippen molar-refractivity contribution in [1.82, 2.24) is 23.9 Å². The topological polar surface area (TPSA) is 74.3 Å². The lowest BCUT2D eigenvalue weighted by Gasteiger charge is -2.13. The van der Waals surface area contributed by atoms with Gasteiger partial charge >= 0.3 is 6.36 Å². The van der Waals surface area contributed by atoms with Crippen LogP contribution < -0.4 is 10.3 Å². The molecule has 4 heterocycles. The summed E-state index contributed by atoms with van der Waals surface area (Å²) in [6.07, 6.45) is 5.02. The summed E-state index contributed by atoms with van der Waals surface area (Å²) < 4.78 is 44.3. The highest BCUT2D eigenvalue weighted by molar-refractivity contribution is 5.90. The van der Waals surface area contributed by atoms with Crippen LogP contribution in [-0.4, -0.2) is 30.3 Å². The van der Waals surface area contributed by atoms with Crippen molar-refractivity contribution in [3.8, 4) is 22.6 Å². The van der Waals surface area contributed by atoms with E-state index in [0.29, 0.717) is 16.8 Å². The molecule has 0 unspecified atom stereocenters. The fourth-order valence-corrected chi connectivity index (χ4v) is 3.35. The van der Waals surface area contributed by atoms with E-state index in [0.717, 1.165) is 23.3 Å². The average Bonchev–Trinajstić information content (AvgIpc) is 3.22. The molecule has 5 aromatic rings. The summed E-state index contributed by atoms with van der Waals surface area (Å²) in [5.41, 5.74) is 2.63. The number of imidazole rings is 1. The molecule has 0 atom stereocenters. The number of fused-ring (bicyclic) bond motifs is 2. The zero-order valence-corrected chi connectivity index (χ0v) is 15.6. The lowest BCUT2D eigenvalue weighted by molar-refractivity contribution is -0.274. The van der Waals surface area contributed by atoms with Gasteiger partial charge in [0, 0.05) is 54.0 Å². The van der Waals surface area contributed by atoms with Crippen molar-refractivity contribution in [2.24, 2.45) is 0 Å². The first-order valence-corrected chi connectivity index (χ1v) is 9.05. The molecule has 0 radical (unpaired) electrons. The van der Waals surface area contributed by atoms with Crippen LogP contribution in [0.25, 0.3) is 33.5 Å². The molecule has 0 N–H and O–H groups in total. The summed E-state index contributed by atoms with van der Waals surface area (Å²) in [6, 6.07) is 8.71. The Hall–Kier alpha value is -4.21. The molecule has 4 aromatic heterocycles. The van der Waals surface area contributed by atoms with Crippen molar-refractivity contribution in [3.05, 3.63) is 83.9 Å². The molecule has 154 valence electrons. The van der Waals surface area contributed by atoms with Gasteiger partial charge in [0.1, 0.15) is 16.9 Å². The van der Waals surface area contributed by atoms with Gasteiger partial charge in [-0.05, 0) is 36.4 Å². The lowest BCUT2D eigenvalue weighted by atomic mass is 10.1. The van der Waals surface area contributed by atoms with Gasteiger partial charge in [0.2, 0.25) is 0 Å². The van der Waals surface area contributed by atoms with E-state index < -0.39 is 11.9 Å². The van der Waals surface area contributed by atoms with Crippen LogP contribution in [0, 0.1) is 0 Å². The Kier molecular flexibility index (Phi) is 4.21. The van der Waals surface area contributed by atoms with Gasteiger partial charge < -0.3 is 9.14 Å². The quantitative estimate of drug-likeness (QED) is 0.439. The van der Waals surface area contributed by atoms with Crippen LogP contribution in [0.1, 0.15) is 0 Å². The van der Waals surface area contributed by atoms with Crippen molar-refractivity contribution < 1.29 is 17.9 Å². The molecule has 0 saturated heterocycles. The highest BCUT2D eigenvalue weighted by Gasteiger charge is 2.31. The molecule has 5 rings (SSSR count). The maximum atomic E-state index is 13.0. The maximum absolute atomic E-state index is 13.0. The third-order valence-corrected chi connectivity index (χ3v) is 4.68. The van der Waals surface area contributed by atoms with Gasteiger partial charge in [-0.15, -0.1) is 13.2 Å². The smallest absolute Gasteiger partial charge is 0.406 e. The number of alkyl halides is 3. The standard InChI is InChI=1S/C21H12F3N5O2/c22-21(23,24)31-15-4-2-14(3-5-15)29-12-16(18-19(20(29)30)27-8-7-26-18)13-1-6-17-25-9-10-28(17)11-13/h1-12H. The number of nitrogens with zero attached hydrogens (tertiary/aromatic N) is 5. The molecule has 10 heteroatoms. The third-order valence-electron chi connectivity index (χ3n) is 4.68. The number of rotatable bonds is 3. The number of benzene rings is 1. The summed E-state index contributed by atoms with van der Waals surface area (Å²) in [5.74, 6) is -0.379. The second-order valence-electron chi connectivity index (χ2n) is 6.62. The van der Waals surface area contributed by atoms with Crippen LogP contribution in [0.2, 0.25) is 0 Å². The highest BCUT2D eigenvalue weighted by Crippen LogP contribution is 2.27. The van der Waals surface area contributed by atoms with Crippen LogP contribution in [0.5, 0.6) is 5.75 Å². The molecule has 0 spiro atoms. The summed E-state index contributed by atoms with van der Waals surface area (Å²) in [6.45, 7) is 0. The van der Waals surface area contributed by atoms with Crippen molar-refractivity contribution in [1.29, 1.82) is 0 Å². The first kappa shape index (κ1) is 18.8. The Morgan fingerprint density at radius 2 is 1.58 bits per heavy atom. The molecule has 1 aromatic carbocycles. The first-order chi connectivity index (χ1) is 14.9. The Balaban J connectivity index is 1.69. The zero-order valence-electron chi connectivity index (χ0n) is 15.6. The molecule has 0 saturated carbocycles. The maximum Gasteiger partial charge on any atom is 0.573 e. The fourth-order valence-electron chi connectivity index (χ4n) is 3.35. The summed E-state index contributed by atoms with van der Waals surface area (Å²) in [4.78, 5) is 25.8. The van der Waals surface area contributed by atoms with Gasteiger partial charge in [-0.2, -0.15) is 0 Å². The first-order valence-electron chi connectivity index (χ1n) is 9.05. The Bertz CT molecular complexity index is 1470. The molecule has 0 bridgehead atoms. The van der Waals surface area contributed by atoms with E-state index in [2.05, 4.69) is 19.7 Å². The van der Waals surface area contributed by atoms with E-state index in [1.807, 2.05) is 22.7 Å². The SMILES string of the molecule is O=c1c2nccnc2c(-c2ccc3nccn3c2)cn1-c1ccc(OC(F)(F)F)cc1. The average molecular weight is 423 g/mol. The van der Waals surface area contributed by atoms with E-state index in [-0.39, 0.29) is 11.3 Å². The Morgan fingerprint density at radius 1 is 0.839 bits per heavy atom. The minimum atomic E-state index is -4.80. The molecule has 0 aliphatic heterocycles. The number of hydrogen-bond donors (Lipinski definition) is 0.